The van der Waals surface area contributed by atoms with Crippen molar-refractivity contribution in [2.75, 3.05) is 13.7 Å². The van der Waals surface area contributed by atoms with Gasteiger partial charge in [0.15, 0.2) is 6.61 Å². The van der Waals surface area contributed by atoms with E-state index in [2.05, 4.69) is 11.9 Å². The average Bonchev–Trinajstić information content (AvgIpc) is 2.70. The van der Waals surface area contributed by atoms with Gasteiger partial charge in [-0.1, -0.05) is 11.6 Å². The molecule has 1 unspecified atom stereocenters. The number of hydrogen-bond donors (Lipinski definition) is 0. The van der Waals surface area contributed by atoms with Crippen LogP contribution in [0.5, 0.6) is 5.75 Å². The molecule has 0 saturated carbocycles. The van der Waals surface area contributed by atoms with Gasteiger partial charge in [0.25, 0.3) is 0 Å². The van der Waals surface area contributed by atoms with E-state index < -0.39 is 0 Å². The number of thioether (sulfide) groups is 1. The normalized spacial score (nSPS) is 28.3. The molecule has 2 aliphatic rings. The Bertz CT molecular complexity index is 546. The summed E-state index contributed by atoms with van der Waals surface area (Å²) in [6.45, 7) is 0.0567. The van der Waals surface area contributed by atoms with Crippen LogP contribution in [0.1, 0.15) is 25.7 Å². The van der Waals surface area contributed by atoms with Crippen LogP contribution in [0.25, 0.3) is 0 Å². The first-order valence-corrected chi connectivity index (χ1v) is 8.61. The first-order chi connectivity index (χ1) is 10.2. The minimum atomic E-state index is 0.0567. The van der Waals surface area contributed by atoms with Gasteiger partial charge in [0.2, 0.25) is 0 Å². The van der Waals surface area contributed by atoms with Crippen molar-refractivity contribution in [1.29, 1.82) is 5.26 Å². The number of benzene rings is 1. The number of ether oxygens (including phenoxy) is 1. The predicted octanol–water partition coefficient (Wildman–Crippen LogP) is 3.96. The molecule has 3 nitrogen and oxygen atoms in total. The standard InChI is InChI=1S/C16H19ClN2OS/c1-19-11-2-3-12(19)9-14(8-11)21-16-5-4-13(10-15(16)17)20-7-6-18/h4-5,10-12,14H,2-3,7-9H2,1H3/t11-,12+,14?. The van der Waals surface area contributed by atoms with Crippen molar-refractivity contribution in [1.82, 2.24) is 4.90 Å². The number of halogens is 1. The van der Waals surface area contributed by atoms with E-state index in [1.54, 1.807) is 0 Å². The molecule has 0 radical (unpaired) electrons. The Labute approximate surface area is 135 Å². The van der Waals surface area contributed by atoms with E-state index in [0.29, 0.717) is 11.0 Å². The Hall–Kier alpha value is -0.890. The van der Waals surface area contributed by atoms with Crippen LogP contribution in [0.4, 0.5) is 0 Å². The zero-order chi connectivity index (χ0) is 14.8. The van der Waals surface area contributed by atoms with Crippen molar-refractivity contribution in [2.24, 2.45) is 0 Å². The molecule has 2 saturated heterocycles. The number of rotatable bonds is 4. The summed E-state index contributed by atoms with van der Waals surface area (Å²) in [4.78, 5) is 3.67. The maximum absolute atomic E-state index is 8.53. The van der Waals surface area contributed by atoms with Crippen LogP contribution in [0.15, 0.2) is 23.1 Å². The second-order valence-corrected chi connectivity index (χ2v) is 7.55. The minimum Gasteiger partial charge on any atom is -0.479 e. The van der Waals surface area contributed by atoms with E-state index >= 15 is 0 Å². The monoisotopic (exact) mass is 322 g/mol. The van der Waals surface area contributed by atoms with Gasteiger partial charge < -0.3 is 9.64 Å². The minimum absolute atomic E-state index is 0.0567. The number of fused-ring (bicyclic) bond motifs is 2. The fourth-order valence-electron chi connectivity index (χ4n) is 3.42. The molecule has 5 heteroatoms. The third-order valence-electron chi connectivity index (χ3n) is 4.56. The molecule has 0 aromatic heterocycles. The lowest BCUT2D eigenvalue weighted by molar-refractivity contribution is 0.183. The number of piperidine rings is 1. The van der Waals surface area contributed by atoms with E-state index in [1.165, 1.54) is 25.7 Å². The van der Waals surface area contributed by atoms with Crippen molar-refractivity contribution in [2.45, 2.75) is 47.9 Å². The van der Waals surface area contributed by atoms with Crippen LogP contribution in [0, 0.1) is 11.3 Å². The largest absolute Gasteiger partial charge is 0.479 e. The van der Waals surface area contributed by atoms with E-state index in [-0.39, 0.29) is 6.61 Å². The van der Waals surface area contributed by atoms with Crippen LogP contribution < -0.4 is 4.74 Å². The summed E-state index contributed by atoms with van der Waals surface area (Å²) >= 11 is 8.24. The van der Waals surface area contributed by atoms with Crippen LogP contribution in [-0.4, -0.2) is 35.9 Å². The molecule has 2 heterocycles. The highest BCUT2D eigenvalue weighted by Crippen LogP contribution is 2.43. The average molecular weight is 323 g/mol. The summed E-state index contributed by atoms with van der Waals surface area (Å²) in [7, 11) is 2.26. The molecular weight excluding hydrogens is 304 g/mol. The Morgan fingerprint density at radius 1 is 1.38 bits per heavy atom. The summed E-state index contributed by atoms with van der Waals surface area (Å²) in [5, 5.41) is 9.91. The lowest BCUT2D eigenvalue weighted by atomic mass is 10.0. The highest BCUT2D eigenvalue weighted by molar-refractivity contribution is 8.00. The summed E-state index contributed by atoms with van der Waals surface area (Å²) in [5.74, 6) is 0.661. The highest BCUT2D eigenvalue weighted by Gasteiger charge is 2.38. The molecule has 1 aromatic carbocycles. The van der Waals surface area contributed by atoms with Gasteiger partial charge in [-0.25, -0.2) is 0 Å². The Morgan fingerprint density at radius 3 is 2.71 bits per heavy atom. The van der Waals surface area contributed by atoms with E-state index in [0.717, 1.165) is 22.0 Å². The molecule has 0 amide bonds. The van der Waals surface area contributed by atoms with Crippen molar-refractivity contribution >= 4 is 23.4 Å². The fourth-order valence-corrected chi connectivity index (χ4v) is 5.04. The Morgan fingerprint density at radius 2 is 2.10 bits per heavy atom. The Balaban J connectivity index is 1.64. The summed E-state index contributed by atoms with van der Waals surface area (Å²) in [6.07, 6.45) is 5.18. The van der Waals surface area contributed by atoms with Gasteiger partial charge in [0.1, 0.15) is 11.8 Å². The molecule has 1 aromatic rings. The summed E-state index contributed by atoms with van der Waals surface area (Å²) in [6, 6.07) is 9.18. The number of hydrogen-bond acceptors (Lipinski definition) is 4. The van der Waals surface area contributed by atoms with Gasteiger partial charge in [-0.15, -0.1) is 11.8 Å². The zero-order valence-corrected chi connectivity index (χ0v) is 13.7. The second-order valence-electron chi connectivity index (χ2n) is 5.80. The molecule has 0 spiro atoms. The molecule has 2 fully saturated rings. The molecule has 3 atom stereocenters. The first kappa shape index (κ1) is 15.0. The van der Waals surface area contributed by atoms with Crippen LogP contribution in [-0.2, 0) is 0 Å². The van der Waals surface area contributed by atoms with Crippen LogP contribution in [0.2, 0.25) is 5.02 Å². The number of nitrogens with zero attached hydrogens (tertiary/aromatic N) is 2. The van der Waals surface area contributed by atoms with Crippen LogP contribution in [0.3, 0.4) is 0 Å². The summed E-state index contributed by atoms with van der Waals surface area (Å²) < 4.78 is 5.28. The van der Waals surface area contributed by atoms with Gasteiger partial charge >= 0.3 is 0 Å². The molecule has 0 aliphatic carbocycles. The molecule has 0 N–H and O–H groups in total. The Kier molecular flexibility index (Phi) is 4.63. The molecule has 3 rings (SSSR count). The van der Waals surface area contributed by atoms with Gasteiger partial charge in [-0.3, -0.25) is 0 Å². The van der Waals surface area contributed by atoms with Crippen molar-refractivity contribution in [3.8, 4) is 11.8 Å². The maximum atomic E-state index is 8.53. The smallest absolute Gasteiger partial charge is 0.174 e. The van der Waals surface area contributed by atoms with Gasteiger partial charge in [0, 0.05) is 22.2 Å². The molecule has 2 bridgehead atoms. The van der Waals surface area contributed by atoms with Crippen molar-refractivity contribution in [3.05, 3.63) is 23.2 Å². The van der Waals surface area contributed by atoms with E-state index in [4.69, 9.17) is 21.6 Å². The maximum Gasteiger partial charge on any atom is 0.174 e. The second kappa shape index (κ2) is 6.48. The van der Waals surface area contributed by atoms with E-state index in [9.17, 15) is 0 Å². The summed E-state index contributed by atoms with van der Waals surface area (Å²) in [5.41, 5.74) is 0. The van der Waals surface area contributed by atoms with Crippen molar-refractivity contribution < 1.29 is 4.74 Å². The highest BCUT2D eigenvalue weighted by atomic mass is 35.5. The lowest BCUT2D eigenvalue weighted by Gasteiger charge is -2.36. The SMILES string of the molecule is CN1[C@@H]2CC[C@H]1CC(Sc1ccc(OCC#N)cc1Cl)C2. The third kappa shape index (κ3) is 3.31. The van der Waals surface area contributed by atoms with Gasteiger partial charge in [-0.2, -0.15) is 5.26 Å². The molecule has 2 aliphatic heterocycles. The zero-order valence-electron chi connectivity index (χ0n) is 12.1. The molecule has 21 heavy (non-hydrogen) atoms. The van der Waals surface area contributed by atoms with Crippen LogP contribution >= 0.6 is 23.4 Å². The fraction of sp³-hybridized carbons (Fsp3) is 0.562. The van der Waals surface area contributed by atoms with E-state index in [1.807, 2.05) is 36.0 Å². The third-order valence-corrected chi connectivity index (χ3v) is 6.31. The lowest BCUT2D eigenvalue weighted by Crippen LogP contribution is -2.40. The first-order valence-electron chi connectivity index (χ1n) is 7.35. The quantitative estimate of drug-likeness (QED) is 0.840. The molecular formula is C16H19ClN2OS. The van der Waals surface area contributed by atoms with Gasteiger partial charge in [0.05, 0.1) is 5.02 Å². The molecule has 112 valence electrons. The van der Waals surface area contributed by atoms with Crippen molar-refractivity contribution in [3.63, 3.8) is 0 Å². The van der Waals surface area contributed by atoms with Gasteiger partial charge in [-0.05, 0) is 50.9 Å². The number of nitriles is 1. The predicted molar refractivity (Wildman–Crippen MR) is 86.0 cm³/mol. The topological polar surface area (TPSA) is 36.3 Å².